The predicted octanol–water partition coefficient (Wildman–Crippen LogP) is 2.91. The van der Waals surface area contributed by atoms with Gasteiger partial charge in [-0.25, -0.2) is 0 Å². The fraction of sp³-hybridized carbons (Fsp3) is 0.421. The Morgan fingerprint density at radius 3 is 2.55 bits per heavy atom. The largest absolute Gasteiger partial charge is 0.493 e. The Labute approximate surface area is 166 Å². The van der Waals surface area contributed by atoms with Crippen LogP contribution in [0.25, 0.3) is 0 Å². The van der Waals surface area contributed by atoms with Gasteiger partial charge >= 0.3 is 6.61 Å². The molecule has 0 atom stereocenters. The quantitative estimate of drug-likeness (QED) is 0.794. The number of hydrogen-bond acceptors (Lipinski definition) is 5. The van der Waals surface area contributed by atoms with Crippen LogP contribution in [0.3, 0.4) is 0 Å². The number of carbonyl (C=O) groups excluding carboxylic acids is 2. The molecule has 2 amide bonds. The SMILES string of the molecule is COc1cc(C(=O)Nc2cnn(C)c2C(=O)N2CCCCC2)ccc1OC(F)F. The number of likely N-dealkylation sites (tertiary alicyclic amines) is 1. The number of amides is 2. The number of anilines is 1. The summed E-state index contributed by atoms with van der Waals surface area (Å²) in [6.45, 7) is -1.68. The molecule has 1 aromatic heterocycles. The van der Waals surface area contributed by atoms with Crippen LogP contribution in [0.5, 0.6) is 11.5 Å². The molecule has 0 unspecified atom stereocenters. The van der Waals surface area contributed by atoms with E-state index in [0.717, 1.165) is 19.3 Å². The van der Waals surface area contributed by atoms with Gasteiger partial charge in [0.15, 0.2) is 11.5 Å². The van der Waals surface area contributed by atoms with Gasteiger partial charge in [0.25, 0.3) is 11.8 Å². The molecule has 2 heterocycles. The molecule has 29 heavy (non-hydrogen) atoms. The first kappa shape index (κ1) is 20.6. The molecule has 3 rings (SSSR count). The number of rotatable bonds is 6. The van der Waals surface area contributed by atoms with Crippen molar-refractivity contribution in [3.05, 3.63) is 35.7 Å². The zero-order chi connectivity index (χ0) is 21.0. The molecular formula is C19H22F2N4O4. The number of carbonyl (C=O) groups is 2. The molecule has 1 N–H and O–H groups in total. The molecule has 1 saturated heterocycles. The second-order valence-electron chi connectivity index (χ2n) is 6.58. The van der Waals surface area contributed by atoms with Gasteiger partial charge < -0.3 is 19.7 Å². The summed E-state index contributed by atoms with van der Waals surface area (Å²) in [6, 6.07) is 3.84. The van der Waals surface area contributed by atoms with Crippen LogP contribution >= 0.6 is 0 Å². The summed E-state index contributed by atoms with van der Waals surface area (Å²) >= 11 is 0. The molecule has 1 aliphatic heterocycles. The number of aromatic nitrogens is 2. The average Bonchev–Trinajstić information content (AvgIpc) is 3.07. The third-order valence-electron chi connectivity index (χ3n) is 4.67. The van der Waals surface area contributed by atoms with Crippen LogP contribution < -0.4 is 14.8 Å². The zero-order valence-electron chi connectivity index (χ0n) is 16.2. The summed E-state index contributed by atoms with van der Waals surface area (Å²) in [5.41, 5.74) is 0.716. The Morgan fingerprint density at radius 1 is 1.17 bits per heavy atom. The molecule has 0 bridgehead atoms. The van der Waals surface area contributed by atoms with Crippen molar-refractivity contribution in [2.75, 3.05) is 25.5 Å². The number of ether oxygens (including phenoxy) is 2. The van der Waals surface area contributed by atoms with Crippen molar-refractivity contribution in [3.63, 3.8) is 0 Å². The van der Waals surface area contributed by atoms with Gasteiger partial charge in [0, 0.05) is 25.7 Å². The van der Waals surface area contributed by atoms with E-state index in [1.165, 1.54) is 36.2 Å². The Balaban J connectivity index is 1.80. The third-order valence-corrected chi connectivity index (χ3v) is 4.67. The second kappa shape index (κ2) is 8.89. The van der Waals surface area contributed by atoms with Crippen molar-refractivity contribution in [3.8, 4) is 11.5 Å². The minimum Gasteiger partial charge on any atom is -0.493 e. The van der Waals surface area contributed by atoms with E-state index in [1.807, 2.05) is 0 Å². The van der Waals surface area contributed by atoms with Crippen molar-refractivity contribution in [1.29, 1.82) is 0 Å². The predicted molar refractivity (Wildman–Crippen MR) is 101 cm³/mol. The van der Waals surface area contributed by atoms with E-state index in [0.29, 0.717) is 13.1 Å². The number of nitrogens with zero attached hydrogens (tertiary/aromatic N) is 3. The van der Waals surface area contributed by atoms with E-state index in [4.69, 9.17) is 4.74 Å². The Bertz CT molecular complexity index is 894. The Kier molecular flexibility index (Phi) is 6.30. The molecule has 1 aromatic carbocycles. The second-order valence-corrected chi connectivity index (χ2v) is 6.58. The van der Waals surface area contributed by atoms with Crippen molar-refractivity contribution in [2.45, 2.75) is 25.9 Å². The summed E-state index contributed by atoms with van der Waals surface area (Å²) in [4.78, 5) is 27.3. The smallest absolute Gasteiger partial charge is 0.387 e. The first-order chi connectivity index (χ1) is 13.9. The fourth-order valence-electron chi connectivity index (χ4n) is 3.23. The molecule has 156 valence electrons. The van der Waals surface area contributed by atoms with E-state index in [1.54, 1.807) is 11.9 Å². The number of aryl methyl sites for hydroxylation is 1. The fourth-order valence-corrected chi connectivity index (χ4v) is 3.23. The number of benzene rings is 1. The maximum Gasteiger partial charge on any atom is 0.387 e. The van der Waals surface area contributed by atoms with E-state index in [2.05, 4.69) is 15.2 Å². The Morgan fingerprint density at radius 2 is 1.90 bits per heavy atom. The number of piperidine rings is 1. The third kappa shape index (κ3) is 4.64. The van der Waals surface area contributed by atoms with Crippen LogP contribution in [0.2, 0.25) is 0 Å². The van der Waals surface area contributed by atoms with Crippen molar-refractivity contribution < 1.29 is 27.8 Å². The number of hydrogen-bond donors (Lipinski definition) is 1. The summed E-state index contributed by atoms with van der Waals surface area (Å²) < 4.78 is 35.7. The van der Waals surface area contributed by atoms with Gasteiger partial charge in [-0.2, -0.15) is 13.9 Å². The maximum absolute atomic E-state index is 12.9. The van der Waals surface area contributed by atoms with Crippen molar-refractivity contribution in [1.82, 2.24) is 14.7 Å². The van der Waals surface area contributed by atoms with Crippen molar-refractivity contribution in [2.24, 2.45) is 7.05 Å². The average molecular weight is 408 g/mol. The van der Waals surface area contributed by atoms with E-state index in [9.17, 15) is 18.4 Å². The van der Waals surface area contributed by atoms with Gasteiger partial charge in [0.1, 0.15) is 5.69 Å². The highest BCUT2D eigenvalue weighted by Gasteiger charge is 2.25. The van der Waals surface area contributed by atoms with Crippen molar-refractivity contribution >= 4 is 17.5 Å². The first-order valence-corrected chi connectivity index (χ1v) is 9.16. The lowest BCUT2D eigenvalue weighted by Gasteiger charge is -2.27. The highest BCUT2D eigenvalue weighted by atomic mass is 19.3. The van der Waals surface area contributed by atoms with E-state index in [-0.39, 0.29) is 34.4 Å². The number of alkyl halides is 2. The van der Waals surface area contributed by atoms with Gasteiger partial charge in [-0.1, -0.05) is 0 Å². The zero-order valence-corrected chi connectivity index (χ0v) is 16.2. The van der Waals surface area contributed by atoms with E-state index >= 15 is 0 Å². The summed E-state index contributed by atoms with van der Waals surface area (Å²) in [5.74, 6) is -0.916. The monoisotopic (exact) mass is 408 g/mol. The van der Waals surface area contributed by atoms with Gasteiger partial charge in [-0.05, 0) is 37.5 Å². The summed E-state index contributed by atoms with van der Waals surface area (Å²) in [6.07, 6.45) is 4.38. The molecule has 1 aliphatic rings. The number of nitrogens with one attached hydrogen (secondary N) is 1. The molecule has 0 spiro atoms. The lowest BCUT2D eigenvalue weighted by atomic mass is 10.1. The highest BCUT2D eigenvalue weighted by molar-refractivity contribution is 6.08. The lowest BCUT2D eigenvalue weighted by Crippen LogP contribution is -2.37. The van der Waals surface area contributed by atoms with Crippen LogP contribution in [0.15, 0.2) is 24.4 Å². The standard InChI is InChI=1S/C19H22F2N4O4/c1-24-16(18(27)25-8-4-3-5-9-25)13(11-22-24)23-17(26)12-6-7-14(29-19(20)21)15(10-12)28-2/h6-7,10-11,19H,3-5,8-9H2,1-2H3,(H,23,26). The van der Waals surface area contributed by atoms with Gasteiger partial charge in [-0.15, -0.1) is 0 Å². The van der Waals surface area contributed by atoms with Gasteiger partial charge in [0.05, 0.1) is 19.0 Å². The maximum atomic E-state index is 12.9. The van der Waals surface area contributed by atoms with Crippen LogP contribution in [0, 0.1) is 0 Å². The molecule has 2 aromatic rings. The normalized spacial score (nSPS) is 14.0. The minimum absolute atomic E-state index is 0.00578. The summed E-state index contributed by atoms with van der Waals surface area (Å²) in [7, 11) is 2.91. The molecule has 1 fully saturated rings. The number of halogens is 2. The molecule has 10 heteroatoms. The van der Waals surface area contributed by atoms with Crippen LogP contribution in [-0.2, 0) is 7.05 Å². The Hall–Kier alpha value is -3.17. The van der Waals surface area contributed by atoms with Crippen LogP contribution in [0.4, 0.5) is 14.5 Å². The lowest BCUT2D eigenvalue weighted by molar-refractivity contribution is -0.0512. The first-order valence-electron chi connectivity index (χ1n) is 9.16. The summed E-state index contributed by atoms with van der Waals surface area (Å²) in [5, 5.41) is 6.75. The molecule has 8 nitrogen and oxygen atoms in total. The highest BCUT2D eigenvalue weighted by Crippen LogP contribution is 2.30. The molecule has 0 radical (unpaired) electrons. The van der Waals surface area contributed by atoms with Crippen LogP contribution in [0.1, 0.15) is 40.1 Å². The van der Waals surface area contributed by atoms with E-state index < -0.39 is 12.5 Å². The number of methoxy groups -OCH3 is 1. The molecular weight excluding hydrogens is 386 g/mol. The van der Waals surface area contributed by atoms with Gasteiger partial charge in [0.2, 0.25) is 0 Å². The molecule has 0 aliphatic carbocycles. The topological polar surface area (TPSA) is 85.7 Å². The van der Waals surface area contributed by atoms with Crippen LogP contribution in [-0.4, -0.2) is 53.3 Å². The molecule has 0 saturated carbocycles. The minimum atomic E-state index is -3.01. The van der Waals surface area contributed by atoms with Gasteiger partial charge in [-0.3, -0.25) is 14.3 Å².